The number of carbonyl (C=O) groups excluding carboxylic acids is 4. The minimum Gasteiger partial charge on any atom is -0.452 e. The molecule has 3 aromatic rings. The van der Waals surface area contributed by atoms with Gasteiger partial charge in [-0.3, -0.25) is 19.3 Å². The summed E-state index contributed by atoms with van der Waals surface area (Å²) in [6.07, 6.45) is 1.80. The van der Waals surface area contributed by atoms with Gasteiger partial charge in [0.25, 0.3) is 5.91 Å². The number of esters is 1. The summed E-state index contributed by atoms with van der Waals surface area (Å²) in [4.78, 5) is 53.2. The number of nitrogens with one attached hydrogen (secondary N) is 1. The Labute approximate surface area is 224 Å². The molecular weight excluding hydrogens is 504 g/mol. The van der Waals surface area contributed by atoms with Gasteiger partial charge in [0.05, 0.1) is 23.1 Å². The summed E-state index contributed by atoms with van der Waals surface area (Å²) in [5, 5.41) is 3.08. The third kappa shape index (κ3) is 4.27. The van der Waals surface area contributed by atoms with Crippen molar-refractivity contribution in [1.29, 1.82) is 0 Å². The number of halogens is 1. The molecule has 0 unspecified atom stereocenters. The molecule has 2 saturated carbocycles. The minimum atomic E-state index is -0.725. The highest BCUT2D eigenvalue weighted by Crippen LogP contribution is 2.61. The summed E-state index contributed by atoms with van der Waals surface area (Å²) in [5.74, 6) is -1.67. The topological polar surface area (TPSA) is 92.8 Å². The Morgan fingerprint density at radius 1 is 0.895 bits per heavy atom. The Bertz CT molecular complexity index is 1440. The largest absolute Gasteiger partial charge is 0.452 e. The molecule has 2 aliphatic carbocycles. The lowest BCUT2D eigenvalue weighted by Crippen LogP contribution is -2.33. The van der Waals surface area contributed by atoms with E-state index in [-0.39, 0.29) is 47.0 Å². The van der Waals surface area contributed by atoms with Gasteiger partial charge in [-0.15, -0.1) is 0 Å². The minimum absolute atomic E-state index is 0.139. The second-order valence-corrected chi connectivity index (χ2v) is 10.6. The smallest absolute Gasteiger partial charge is 0.338 e. The van der Waals surface area contributed by atoms with Crippen LogP contribution in [0.25, 0.3) is 0 Å². The van der Waals surface area contributed by atoms with Crippen molar-refractivity contribution in [1.82, 2.24) is 0 Å². The maximum atomic E-state index is 13.6. The van der Waals surface area contributed by atoms with Crippen molar-refractivity contribution in [2.75, 3.05) is 16.8 Å². The van der Waals surface area contributed by atoms with Crippen LogP contribution in [0.2, 0.25) is 5.02 Å². The summed E-state index contributed by atoms with van der Waals surface area (Å²) in [7, 11) is 0. The molecule has 5 atom stereocenters. The summed E-state index contributed by atoms with van der Waals surface area (Å²) in [5.41, 5.74) is 2.21. The fourth-order valence-corrected chi connectivity index (χ4v) is 6.74. The van der Waals surface area contributed by atoms with Gasteiger partial charge in [0, 0.05) is 10.7 Å². The standard InChI is InChI=1S/C30H25ClN2O5/c31-20-9-5-10-21(15-20)32-25(34)16-38-30(37)18-8-4-11-22(12-18)33-28(35)26-19-13-23(17-6-2-1-3-7-17)24(14-19)27(26)29(33)36/h1-12,15,19,23-24,26-27H,13-14,16H2,(H,32,34)/t19-,23-,24+,26+,27-/m0/s1. The van der Waals surface area contributed by atoms with E-state index in [2.05, 4.69) is 17.4 Å². The number of anilines is 2. The molecule has 192 valence electrons. The van der Waals surface area contributed by atoms with Crippen LogP contribution in [0.15, 0.2) is 78.9 Å². The summed E-state index contributed by atoms with van der Waals surface area (Å²) >= 11 is 5.92. The van der Waals surface area contributed by atoms with Crippen LogP contribution in [0.3, 0.4) is 0 Å². The Morgan fingerprint density at radius 3 is 2.45 bits per heavy atom. The first kappa shape index (κ1) is 24.4. The van der Waals surface area contributed by atoms with E-state index in [1.807, 2.05) is 18.2 Å². The molecule has 0 radical (unpaired) electrons. The van der Waals surface area contributed by atoms with Crippen molar-refractivity contribution in [2.24, 2.45) is 23.7 Å². The third-order valence-corrected chi connectivity index (χ3v) is 8.26. The molecule has 2 bridgehead atoms. The Hall–Kier alpha value is -3.97. The summed E-state index contributed by atoms with van der Waals surface area (Å²) < 4.78 is 5.17. The zero-order chi connectivity index (χ0) is 26.4. The van der Waals surface area contributed by atoms with Gasteiger partial charge in [0.15, 0.2) is 6.61 Å². The molecule has 0 spiro atoms. The Balaban J connectivity index is 1.14. The zero-order valence-corrected chi connectivity index (χ0v) is 21.1. The fourth-order valence-electron chi connectivity index (χ4n) is 6.55. The monoisotopic (exact) mass is 528 g/mol. The number of carbonyl (C=O) groups is 4. The highest BCUT2D eigenvalue weighted by Gasteiger charge is 2.64. The SMILES string of the molecule is O=C(COC(=O)c1cccc(N2C(=O)[C@@H]3[C@@H]4C[C@@H]([C@@H]3C2=O)[C@H](c2ccccc2)C4)c1)Nc1cccc(Cl)c1. The van der Waals surface area contributed by atoms with E-state index in [4.69, 9.17) is 16.3 Å². The molecule has 3 amide bonds. The summed E-state index contributed by atoms with van der Waals surface area (Å²) in [6.45, 7) is -0.495. The maximum Gasteiger partial charge on any atom is 0.338 e. The van der Waals surface area contributed by atoms with Crippen molar-refractivity contribution in [3.05, 3.63) is 95.0 Å². The van der Waals surface area contributed by atoms with Gasteiger partial charge in [-0.2, -0.15) is 0 Å². The van der Waals surface area contributed by atoms with Gasteiger partial charge < -0.3 is 10.1 Å². The van der Waals surface area contributed by atoms with Gasteiger partial charge >= 0.3 is 5.97 Å². The molecule has 3 aliphatic rings. The van der Waals surface area contributed by atoms with Crippen LogP contribution < -0.4 is 10.2 Å². The predicted molar refractivity (Wildman–Crippen MR) is 142 cm³/mol. The number of rotatable bonds is 6. The number of amides is 3. The Kier molecular flexibility index (Phi) is 6.24. The molecule has 6 rings (SSSR count). The van der Waals surface area contributed by atoms with E-state index < -0.39 is 18.5 Å². The number of imide groups is 1. The molecule has 1 N–H and O–H groups in total. The number of benzene rings is 3. The number of fused-ring (bicyclic) bond motifs is 5. The van der Waals surface area contributed by atoms with E-state index in [0.717, 1.165) is 12.8 Å². The molecule has 8 heteroatoms. The second kappa shape index (κ2) is 9.72. The molecule has 38 heavy (non-hydrogen) atoms. The molecule has 3 aromatic carbocycles. The van der Waals surface area contributed by atoms with E-state index in [9.17, 15) is 19.2 Å². The van der Waals surface area contributed by atoms with Crippen molar-refractivity contribution >= 4 is 46.7 Å². The highest BCUT2D eigenvalue weighted by atomic mass is 35.5. The average molecular weight is 529 g/mol. The van der Waals surface area contributed by atoms with Crippen LogP contribution in [0.1, 0.15) is 34.7 Å². The quantitative estimate of drug-likeness (QED) is 0.356. The van der Waals surface area contributed by atoms with Gasteiger partial charge in [-0.1, -0.05) is 54.1 Å². The third-order valence-electron chi connectivity index (χ3n) is 8.03. The van der Waals surface area contributed by atoms with Gasteiger partial charge in [-0.25, -0.2) is 4.79 Å². The van der Waals surface area contributed by atoms with Gasteiger partial charge in [0.2, 0.25) is 11.8 Å². The number of ether oxygens (including phenoxy) is 1. The van der Waals surface area contributed by atoms with Crippen LogP contribution >= 0.6 is 11.6 Å². The van der Waals surface area contributed by atoms with E-state index in [1.54, 1.807) is 36.4 Å². The number of nitrogens with zero attached hydrogens (tertiary/aromatic N) is 1. The first-order valence-electron chi connectivity index (χ1n) is 12.7. The highest BCUT2D eigenvalue weighted by molar-refractivity contribution is 6.30. The van der Waals surface area contributed by atoms with Crippen molar-refractivity contribution < 1.29 is 23.9 Å². The average Bonchev–Trinajstić information content (AvgIpc) is 3.59. The normalized spacial score (nSPS) is 25.4. The van der Waals surface area contributed by atoms with E-state index in [1.165, 1.54) is 22.6 Å². The molecular formula is C30H25ClN2O5. The van der Waals surface area contributed by atoms with Crippen LogP contribution in [0.5, 0.6) is 0 Å². The molecule has 1 heterocycles. The molecule has 1 aliphatic heterocycles. The van der Waals surface area contributed by atoms with E-state index >= 15 is 0 Å². The number of hydrogen-bond donors (Lipinski definition) is 1. The predicted octanol–water partition coefficient (Wildman–Crippen LogP) is 5.06. The second-order valence-electron chi connectivity index (χ2n) is 10.2. The lowest BCUT2D eigenvalue weighted by molar-refractivity contribution is -0.123. The van der Waals surface area contributed by atoms with Gasteiger partial charge in [0.1, 0.15) is 0 Å². The lowest BCUT2D eigenvalue weighted by atomic mass is 9.73. The fraction of sp³-hybridized carbons (Fsp3) is 0.267. The van der Waals surface area contributed by atoms with Crippen LogP contribution in [0, 0.1) is 23.7 Å². The van der Waals surface area contributed by atoms with Crippen molar-refractivity contribution in [2.45, 2.75) is 18.8 Å². The number of hydrogen-bond acceptors (Lipinski definition) is 5. The first-order valence-corrected chi connectivity index (χ1v) is 13.0. The summed E-state index contributed by atoms with van der Waals surface area (Å²) in [6, 6.07) is 23.1. The van der Waals surface area contributed by atoms with E-state index in [0.29, 0.717) is 16.4 Å². The van der Waals surface area contributed by atoms with Crippen LogP contribution in [-0.2, 0) is 19.1 Å². The molecule has 3 fully saturated rings. The van der Waals surface area contributed by atoms with Crippen molar-refractivity contribution in [3.8, 4) is 0 Å². The maximum absolute atomic E-state index is 13.6. The Morgan fingerprint density at radius 2 is 1.66 bits per heavy atom. The lowest BCUT2D eigenvalue weighted by Gasteiger charge is -2.28. The van der Waals surface area contributed by atoms with Crippen LogP contribution in [-0.4, -0.2) is 30.3 Å². The van der Waals surface area contributed by atoms with Crippen LogP contribution in [0.4, 0.5) is 11.4 Å². The van der Waals surface area contributed by atoms with Crippen molar-refractivity contribution in [3.63, 3.8) is 0 Å². The molecule has 0 aromatic heterocycles. The molecule has 7 nitrogen and oxygen atoms in total. The first-order chi connectivity index (χ1) is 18.4. The molecule has 1 saturated heterocycles. The van der Waals surface area contributed by atoms with Gasteiger partial charge in [-0.05, 0) is 72.6 Å². The zero-order valence-electron chi connectivity index (χ0n) is 20.4.